The van der Waals surface area contributed by atoms with Crippen molar-refractivity contribution in [3.63, 3.8) is 0 Å². The van der Waals surface area contributed by atoms with Gasteiger partial charge in [0.25, 0.3) is 5.89 Å². The number of hydrogen-bond donors (Lipinski definition) is 0. The average molecular weight is 318 g/mol. The van der Waals surface area contributed by atoms with Crippen molar-refractivity contribution in [2.24, 2.45) is 0 Å². The van der Waals surface area contributed by atoms with Gasteiger partial charge in [-0.1, -0.05) is 22.0 Å². The first-order valence-electron chi connectivity index (χ1n) is 5.88. The lowest BCUT2D eigenvalue weighted by molar-refractivity contribution is 0.564. The molecule has 0 saturated heterocycles. The summed E-state index contributed by atoms with van der Waals surface area (Å²) in [6, 6.07) is 10.2. The molecular weight excluding hydrogens is 306 g/mol. The lowest BCUT2D eigenvalue weighted by atomic mass is 10.2. The molecule has 0 bridgehead atoms. The van der Waals surface area contributed by atoms with Crippen LogP contribution in [0.3, 0.4) is 0 Å². The van der Waals surface area contributed by atoms with E-state index in [1.165, 1.54) is 6.39 Å². The second-order valence-electron chi connectivity index (χ2n) is 4.38. The molecule has 0 unspecified atom stereocenters. The Morgan fingerprint density at radius 2 is 2.05 bits per heavy atom. The van der Waals surface area contributed by atoms with E-state index < -0.39 is 0 Å². The highest BCUT2D eigenvalue weighted by atomic mass is 79.9. The van der Waals surface area contributed by atoms with Gasteiger partial charge in [0.15, 0.2) is 0 Å². The molecule has 0 aliphatic carbocycles. The largest absolute Gasteiger partial charge is 0.422 e. The highest BCUT2D eigenvalue weighted by molar-refractivity contribution is 9.10. The fourth-order valence-electron chi connectivity index (χ4n) is 2.29. The summed E-state index contributed by atoms with van der Waals surface area (Å²) in [5.74, 6) is 0.533. The van der Waals surface area contributed by atoms with Crippen molar-refractivity contribution >= 4 is 15.9 Å². The van der Waals surface area contributed by atoms with E-state index in [2.05, 4.69) is 55.8 Å². The van der Waals surface area contributed by atoms with E-state index in [-0.39, 0.29) is 0 Å². The van der Waals surface area contributed by atoms with Crippen molar-refractivity contribution in [3.05, 3.63) is 52.5 Å². The van der Waals surface area contributed by atoms with Gasteiger partial charge in [-0.15, -0.1) is 10.2 Å². The standard InChI is InChI=1S/C14H12BrN3O/c1-9-6-10(2)18(12-5-3-4-11(15)7-12)13(9)14-17-16-8-19-14/h3-8H,1-2H3. The van der Waals surface area contributed by atoms with Crippen molar-refractivity contribution in [2.45, 2.75) is 13.8 Å². The van der Waals surface area contributed by atoms with Crippen LogP contribution in [-0.4, -0.2) is 14.8 Å². The Labute approximate surface area is 119 Å². The van der Waals surface area contributed by atoms with Gasteiger partial charge in [0.1, 0.15) is 5.69 Å². The second-order valence-corrected chi connectivity index (χ2v) is 5.29. The number of benzene rings is 1. The van der Waals surface area contributed by atoms with Crippen molar-refractivity contribution < 1.29 is 4.42 Å². The Balaban J connectivity index is 2.27. The zero-order valence-corrected chi connectivity index (χ0v) is 12.2. The van der Waals surface area contributed by atoms with Crippen molar-refractivity contribution in [2.75, 3.05) is 0 Å². The normalized spacial score (nSPS) is 10.9. The summed E-state index contributed by atoms with van der Waals surface area (Å²) >= 11 is 3.50. The highest BCUT2D eigenvalue weighted by Gasteiger charge is 2.17. The minimum Gasteiger partial charge on any atom is -0.422 e. The first-order valence-corrected chi connectivity index (χ1v) is 6.67. The van der Waals surface area contributed by atoms with Gasteiger partial charge in [-0.05, 0) is 43.7 Å². The van der Waals surface area contributed by atoms with Gasteiger partial charge in [0.05, 0.1) is 0 Å². The Hall–Kier alpha value is -1.88. The van der Waals surface area contributed by atoms with Crippen LogP contribution in [0.4, 0.5) is 0 Å². The smallest absolute Gasteiger partial charge is 0.264 e. The third kappa shape index (κ3) is 2.10. The number of hydrogen-bond acceptors (Lipinski definition) is 3. The number of rotatable bonds is 2. The molecule has 0 aliphatic rings. The van der Waals surface area contributed by atoms with Crippen molar-refractivity contribution in [3.8, 4) is 17.3 Å². The quantitative estimate of drug-likeness (QED) is 0.719. The topological polar surface area (TPSA) is 43.9 Å². The fourth-order valence-corrected chi connectivity index (χ4v) is 2.67. The summed E-state index contributed by atoms with van der Waals surface area (Å²) in [6.45, 7) is 4.11. The molecule has 0 atom stereocenters. The Kier molecular flexibility index (Phi) is 2.98. The lowest BCUT2D eigenvalue weighted by Gasteiger charge is -2.10. The Bertz CT molecular complexity index is 716. The Morgan fingerprint density at radius 3 is 2.74 bits per heavy atom. The zero-order chi connectivity index (χ0) is 13.4. The minimum atomic E-state index is 0.533. The molecular formula is C14H12BrN3O. The molecule has 0 radical (unpaired) electrons. The van der Waals surface area contributed by atoms with E-state index >= 15 is 0 Å². The van der Waals surface area contributed by atoms with Gasteiger partial charge in [0, 0.05) is 15.9 Å². The van der Waals surface area contributed by atoms with Crippen LogP contribution in [0.15, 0.2) is 45.6 Å². The molecule has 19 heavy (non-hydrogen) atoms. The monoisotopic (exact) mass is 317 g/mol. The molecule has 0 saturated carbocycles. The molecule has 0 fully saturated rings. The summed E-state index contributed by atoms with van der Waals surface area (Å²) in [6.07, 6.45) is 1.35. The maximum Gasteiger partial charge on any atom is 0.264 e. The number of nitrogens with zero attached hydrogens (tertiary/aromatic N) is 3. The zero-order valence-electron chi connectivity index (χ0n) is 10.6. The molecule has 96 valence electrons. The molecule has 0 N–H and O–H groups in total. The van der Waals surface area contributed by atoms with Gasteiger partial charge < -0.3 is 8.98 Å². The van der Waals surface area contributed by atoms with Crippen LogP contribution in [0.5, 0.6) is 0 Å². The summed E-state index contributed by atoms with van der Waals surface area (Å²) in [5, 5.41) is 7.78. The molecule has 0 aliphatic heterocycles. The maximum absolute atomic E-state index is 5.35. The average Bonchev–Trinajstić information content (AvgIpc) is 2.96. The van der Waals surface area contributed by atoms with Gasteiger partial charge in [-0.3, -0.25) is 0 Å². The van der Waals surface area contributed by atoms with E-state index in [0.717, 1.165) is 27.1 Å². The molecule has 0 spiro atoms. The molecule has 4 nitrogen and oxygen atoms in total. The first kappa shape index (κ1) is 12.2. The van der Waals surface area contributed by atoms with Gasteiger partial charge in [-0.2, -0.15) is 0 Å². The molecule has 5 heteroatoms. The third-order valence-electron chi connectivity index (χ3n) is 3.00. The van der Waals surface area contributed by atoms with E-state index in [0.29, 0.717) is 5.89 Å². The summed E-state index contributed by atoms with van der Waals surface area (Å²) < 4.78 is 8.50. The maximum atomic E-state index is 5.35. The minimum absolute atomic E-state index is 0.533. The van der Waals surface area contributed by atoms with E-state index in [1.54, 1.807) is 0 Å². The van der Waals surface area contributed by atoms with Gasteiger partial charge >= 0.3 is 0 Å². The predicted molar refractivity (Wildman–Crippen MR) is 76.2 cm³/mol. The van der Waals surface area contributed by atoms with Crippen molar-refractivity contribution in [1.82, 2.24) is 14.8 Å². The van der Waals surface area contributed by atoms with Gasteiger partial charge in [0.2, 0.25) is 6.39 Å². The molecule has 1 aromatic carbocycles. The molecule has 2 aromatic heterocycles. The van der Waals surface area contributed by atoms with Crippen molar-refractivity contribution in [1.29, 1.82) is 0 Å². The van der Waals surface area contributed by atoms with E-state index in [1.807, 2.05) is 19.1 Å². The van der Waals surface area contributed by atoms with E-state index in [4.69, 9.17) is 4.42 Å². The first-order chi connectivity index (χ1) is 9.16. The number of halogens is 1. The van der Waals surface area contributed by atoms with Crippen LogP contribution in [0.25, 0.3) is 17.3 Å². The van der Waals surface area contributed by atoms with Gasteiger partial charge in [-0.25, -0.2) is 0 Å². The van der Waals surface area contributed by atoms with Crippen LogP contribution in [0.1, 0.15) is 11.3 Å². The molecule has 2 heterocycles. The predicted octanol–water partition coefficient (Wildman–Crippen LogP) is 3.91. The second kappa shape index (κ2) is 4.66. The van der Waals surface area contributed by atoms with Crippen LogP contribution < -0.4 is 0 Å². The lowest BCUT2D eigenvalue weighted by Crippen LogP contribution is -1.99. The van der Waals surface area contributed by atoms with Crippen LogP contribution >= 0.6 is 15.9 Å². The molecule has 0 amide bonds. The number of aryl methyl sites for hydroxylation is 2. The highest BCUT2D eigenvalue weighted by Crippen LogP contribution is 2.29. The summed E-state index contributed by atoms with van der Waals surface area (Å²) in [5.41, 5.74) is 4.24. The van der Waals surface area contributed by atoms with Crippen LogP contribution in [-0.2, 0) is 0 Å². The third-order valence-corrected chi connectivity index (χ3v) is 3.50. The molecule has 3 aromatic rings. The van der Waals surface area contributed by atoms with E-state index in [9.17, 15) is 0 Å². The SMILES string of the molecule is Cc1cc(C)n(-c2cccc(Br)c2)c1-c1nnco1. The summed E-state index contributed by atoms with van der Waals surface area (Å²) in [4.78, 5) is 0. The number of aromatic nitrogens is 3. The summed E-state index contributed by atoms with van der Waals surface area (Å²) in [7, 11) is 0. The van der Waals surface area contributed by atoms with Crippen LogP contribution in [0.2, 0.25) is 0 Å². The Morgan fingerprint density at radius 1 is 1.21 bits per heavy atom. The fraction of sp³-hybridized carbons (Fsp3) is 0.143. The molecule has 3 rings (SSSR count). The van der Waals surface area contributed by atoms with Crippen LogP contribution in [0, 0.1) is 13.8 Å².